The van der Waals surface area contributed by atoms with Crippen molar-refractivity contribution in [3.63, 3.8) is 0 Å². The van der Waals surface area contributed by atoms with Crippen LogP contribution >= 0.6 is 12.4 Å². The quantitative estimate of drug-likeness (QED) is 0.365. The molecule has 2 aliphatic heterocycles. The van der Waals surface area contributed by atoms with Crippen LogP contribution in [-0.4, -0.2) is 61.8 Å². The number of aromatic nitrogens is 6. The Morgan fingerprint density at radius 1 is 1.08 bits per heavy atom. The Kier molecular flexibility index (Phi) is 5.81. The number of hydrogen-bond donors (Lipinski definition) is 2. The molecule has 0 amide bonds. The molecule has 2 bridgehead atoms. The number of ether oxygens (including phenoxy) is 2. The van der Waals surface area contributed by atoms with E-state index in [2.05, 4.69) is 35.6 Å². The molecule has 11 nitrogen and oxygen atoms in total. The summed E-state index contributed by atoms with van der Waals surface area (Å²) in [5.74, 6) is 2.23. The zero-order chi connectivity index (χ0) is 24.1. The van der Waals surface area contributed by atoms with E-state index in [0.717, 1.165) is 25.5 Å². The highest BCUT2D eigenvalue weighted by Gasteiger charge is 2.28. The highest BCUT2D eigenvalue weighted by molar-refractivity contribution is 5.90. The Morgan fingerprint density at radius 2 is 2.00 bits per heavy atom. The molecule has 2 aliphatic rings. The van der Waals surface area contributed by atoms with Gasteiger partial charge in [0, 0.05) is 44.0 Å². The molecule has 188 valence electrons. The molecule has 0 spiro atoms. The van der Waals surface area contributed by atoms with Crippen molar-refractivity contribution in [1.29, 1.82) is 0 Å². The van der Waals surface area contributed by atoms with E-state index in [-0.39, 0.29) is 24.1 Å². The second-order valence-electron chi connectivity index (χ2n) is 8.60. The summed E-state index contributed by atoms with van der Waals surface area (Å²) in [4.78, 5) is 19.9. The molecule has 7 rings (SSSR count). The standard InChI is InChI=1S/C24H20FN9O2.ClH/c25-17-7-15(36-16-3-5-34-21(8-16)28-13-30-34)1-2-18(17)31-23-22-19(27-12-29-23)9-20-24(32-22)33-6-4-26-14(10-33)11-35-20;/h1-3,5,7-9,12-14,26H,4,6,10-11H2,(H,27,29,31);1H/t14-;/m0./s1. The summed E-state index contributed by atoms with van der Waals surface area (Å²) in [7, 11) is 0. The minimum absolute atomic E-state index is 0. The summed E-state index contributed by atoms with van der Waals surface area (Å²) < 4.78 is 28.5. The monoisotopic (exact) mass is 521 g/mol. The Labute approximate surface area is 216 Å². The molecule has 1 saturated heterocycles. The molecule has 0 aliphatic carbocycles. The lowest BCUT2D eigenvalue weighted by Gasteiger charge is -2.31. The Morgan fingerprint density at radius 3 is 2.92 bits per heavy atom. The van der Waals surface area contributed by atoms with E-state index in [9.17, 15) is 0 Å². The van der Waals surface area contributed by atoms with Gasteiger partial charge >= 0.3 is 0 Å². The third kappa shape index (κ3) is 4.30. The Hall–Kier alpha value is -4.29. The molecule has 1 atom stereocenters. The first-order valence-corrected chi connectivity index (χ1v) is 11.5. The SMILES string of the molecule is Cl.Fc1cc(Oc2ccn3ncnc3c2)ccc1Nc1ncnc2cc3c(nc12)N1CCN[C@H](CO3)C1. The number of piperazine rings is 1. The predicted octanol–water partition coefficient (Wildman–Crippen LogP) is 3.33. The average molecular weight is 522 g/mol. The number of anilines is 3. The molecule has 13 heteroatoms. The number of fused-ring (bicyclic) bond motifs is 6. The van der Waals surface area contributed by atoms with Gasteiger partial charge in [0.05, 0.1) is 17.2 Å². The van der Waals surface area contributed by atoms with Crippen molar-refractivity contribution in [2.24, 2.45) is 0 Å². The maximum Gasteiger partial charge on any atom is 0.172 e. The van der Waals surface area contributed by atoms with E-state index < -0.39 is 5.82 Å². The minimum Gasteiger partial charge on any atom is -0.488 e. The van der Waals surface area contributed by atoms with Crippen LogP contribution in [0.2, 0.25) is 0 Å². The zero-order valence-corrected chi connectivity index (χ0v) is 20.2. The van der Waals surface area contributed by atoms with Crippen LogP contribution in [0.3, 0.4) is 0 Å². The van der Waals surface area contributed by atoms with Gasteiger partial charge in [-0.05, 0) is 18.2 Å². The first kappa shape index (κ1) is 23.1. The number of nitrogens with one attached hydrogen (secondary N) is 2. The second kappa shape index (κ2) is 9.30. The van der Waals surface area contributed by atoms with Crippen molar-refractivity contribution in [1.82, 2.24) is 34.9 Å². The fraction of sp³-hybridized carbons (Fsp3) is 0.208. The number of pyridine rings is 2. The van der Waals surface area contributed by atoms with Crippen LogP contribution < -0.4 is 25.0 Å². The van der Waals surface area contributed by atoms with E-state index in [1.807, 2.05) is 6.07 Å². The average Bonchev–Trinajstić information content (AvgIpc) is 3.32. The highest BCUT2D eigenvalue weighted by atomic mass is 35.5. The Balaban J connectivity index is 0.00000252. The molecule has 2 N–H and O–H groups in total. The summed E-state index contributed by atoms with van der Waals surface area (Å²) in [6.45, 7) is 3.05. The van der Waals surface area contributed by atoms with Gasteiger partial charge in [0.2, 0.25) is 0 Å². The zero-order valence-electron chi connectivity index (χ0n) is 19.3. The summed E-state index contributed by atoms with van der Waals surface area (Å²) in [6.07, 6.45) is 4.60. The maximum absolute atomic E-state index is 15.1. The van der Waals surface area contributed by atoms with Crippen LogP contribution in [0.25, 0.3) is 16.7 Å². The summed E-state index contributed by atoms with van der Waals surface area (Å²) in [5.41, 5.74) is 2.03. The topological polar surface area (TPSA) is 115 Å². The van der Waals surface area contributed by atoms with E-state index in [0.29, 0.717) is 46.4 Å². The number of benzene rings is 1. The van der Waals surface area contributed by atoms with Crippen molar-refractivity contribution in [3.05, 3.63) is 61.1 Å². The summed E-state index contributed by atoms with van der Waals surface area (Å²) in [6, 6.07) is 10.2. The van der Waals surface area contributed by atoms with Crippen LogP contribution in [-0.2, 0) is 0 Å². The predicted molar refractivity (Wildman–Crippen MR) is 137 cm³/mol. The van der Waals surface area contributed by atoms with E-state index >= 15 is 4.39 Å². The minimum atomic E-state index is -0.495. The van der Waals surface area contributed by atoms with Crippen molar-refractivity contribution < 1.29 is 13.9 Å². The molecule has 0 saturated carbocycles. The lowest BCUT2D eigenvalue weighted by atomic mass is 10.2. The molecule has 6 heterocycles. The normalized spacial score (nSPS) is 16.5. The largest absolute Gasteiger partial charge is 0.488 e. The molecule has 5 aromatic rings. The molecule has 1 aromatic carbocycles. The van der Waals surface area contributed by atoms with Crippen molar-refractivity contribution in [2.45, 2.75) is 6.04 Å². The highest BCUT2D eigenvalue weighted by Crippen LogP contribution is 2.35. The van der Waals surface area contributed by atoms with Gasteiger partial charge in [0.15, 0.2) is 23.0 Å². The molecular weight excluding hydrogens is 501 g/mol. The van der Waals surface area contributed by atoms with E-state index in [4.69, 9.17) is 14.5 Å². The summed E-state index contributed by atoms with van der Waals surface area (Å²) >= 11 is 0. The third-order valence-corrected chi connectivity index (χ3v) is 6.23. The molecular formula is C24H21ClFN9O2. The first-order valence-electron chi connectivity index (χ1n) is 11.5. The number of hydrogen-bond acceptors (Lipinski definition) is 10. The Bertz CT molecular complexity index is 1610. The first-order chi connectivity index (χ1) is 17.7. The van der Waals surface area contributed by atoms with Gasteiger partial charge < -0.3 is 25.0 Å². The second-order valence-corrected chi connectivity index (χ2v) is 8.60. The molecule has 1 fully saturated rings. The summed E-state index contributed by atoms with van der Waals surface area (Å²) in [5, 5.41) is 10.6. The van der Waals surface area contributed by atoms with Gasteiger partial charge in [0.1, 0.15) is 42.1 Å². The lowest BCUT2D eigenvalue weighted by Crippen LogP contribution is -2.51. The number of halogens is 2. The molecule has 0 unspecified atom stereocenters. The van der Waals surface area contributed by atoms with Crippen LogP contribution in [0.4, 0.5) is 21.7 Å². The van der Waals surface area contributed by atoms with Gasteiger partial charge in [-0.25, -0.2) is 28.8 Å². The van der Waals surface area contributed by atoms with E-state index in [1.54, 1.807) is 35.0 Å². The fourth-order valence-electron chi connectivity index (χ4n) is 4.49. The maximum atomic E-state index is 15.1. The van der Waals surface area contributed by atoms with Crippen LogP contribution in [0, 0.1) is 5.82 Å². The van der Waals surface area contributed by atoms with Crippen LogP contribution in [0.5, 0.6) is 17.2 Å². The van der Waals surface area contributed by atoms with Crippen LogP contribution in [0.15, 0.2) is 55.2 Å². The molecule has 4 aromatic heterocycles. The molecule has 0 radical (unpaired) electrons. The lowest BCUT2D eigenvalue weighted by molar-refractivity contribution is 0.271. The smallest absolute Gasteiger partial charge is 0.172 e. The molecule has 37 heavy (non-hydrogen) atoms. The van der Waals surface area contributed by atoms with E-state index in [1.165, 1.54) is 18.7 Å². The fourth-order valence-corrected chi connectivity index (χ4v) is 4.49. The van der Waals surface area contributed by atoms with Crippen molar-refractivity contribution in [3.8, 4) is 17.2 Å². The van der Waals surface area contributed by atoms with Crippen molar-refractivity contribution in [2.75, 3.05) is 36.5 Å². The number of rotatable bonds is 4. The van der Waals surface area contributed by atoms with Gasteiger partial charge in [0.25, 0.3) is 0 Å². The van der Waals surface area contributed by atoms with Crippen LogP contribution in [0.1, 0.15) is 0 Å². The third-order valence-electron chi connectivity index (χ3n) is 6.23. The number of nitrogens with zero attached hydrogens (tertiary/aromatic N) is 7. The van der Waals surface area contributed by atoms with Gasteiger partial charge in [-0.2, -0.15) is 5.10 Å². The van der Waals surface area contributed by atoms with Gasteiger partial charge in [-0.1, -0.05) is 0 Å². The van der Waals surface area contributed by atoms with Gasteiger partial charge in [-0.3, -0.25) is 0 Å². The van der Waals surface area contributed by atoms with Crippen molar-refractivity contribution >= 4 is 46.4 Å². The van der Waals surface area contributed by atoms with Gasteiger partial charge in [-0.15, -0.1) is 12.4 Å².